The number of carbonyl (C=O) groups excluding carboxylic acids is 1. The molecule has 0 fully saturated rings. The lowest BCUT2D eigenvalue weighted by atomic mass is 10.1. The molecule has 0 spiro atoms. The highest BCUT2D eigenvalue weighted by atomic mass is 16.5. The van der Waals surface area contributed by atoms with Gasteiger partial charge in [0.15, 0.2) is 11.5 Å². The lowest BCUT2D eigenvalue weighted by Gasteiger charge is -2.19. The van der Waals surface area contributed by atoms with Gasteiger partial charge in [-0.05, 0) is 43.5 Å². The van der Waals surface area contributed by atoms with Gasteiger partial charge >= 0.3 is 0 Å². The van der Waals surface area contributed by atoms with Crippen molar-refractivity contribution in [2.75, 3.05) is 25.1 Å². The van der Waals surface area contributed by atoms with Crippen molar-refractivity contribution in [3.05, 3.63) is 56.6 Å². The van der Waals surface area contributed by atoms with Gasteiger partial charge in [0.05, 0.1) is 36.3 Å². The van der Waals surface area contributed by atoms with Crippen LogP contribution in [0.5, 0.6) is 17.2 Å². The molecule has 0 aliphatic heterocycles. The van der Waals surface area contributed by atoms with Gasteiger partial charge in [-0.15, -0.1) is 0 Å². The number of benzene rings is 2. The second-order valence-electron chi connectivity index (χ2n) is 17.0. The van der Waals surface area contributed by atoms with Crippen LogP contribution < -0.4 is 30.6 Å². The number of carbonyl (C=O) groups is 1. The second-order valence-corrected chi connectivity index (χ2v) is 17.0. The van der Waals surface area contributed by atoms with E-state index in [1.165, 1.54) is 154 Å². The van der Waals surface area contributed by atoms with Crippen LogP contribution in [0.15, 0.2) is 39.9 Å². The van der Waals surface area contributed by atoms with Crippen LogP contribution in [0, 0.1) is 0 Å². The quantitative estimate of drug-likeness (QED) is 0.0494. The number of aromatic nitrogens is 2. The zero-order chi connectivity index (χ0) is 42.9. The standard InChI is InChI=1S/C51H83N3O6/c1-4-7-10-13-16-19-22-25-28-31-37-58-45-40-42(49(55)52-44-36-34-35-43-47(44)51(57)54-53-50(43)56)41-46(59-38-32-29-26-23-20-17-14-11-8-5-2)48(45)60-39-33-30-27-24-21-18-15-12-9-6-3/h34-36,40-41H,4-33,37-39H2,1-3H3,(H,52,55)(H,53,56)(H,54,57). The van der Waals surface area contributed by atoms with Gasteiger partial charge < -0.3 is 19.5 Å². The molecule has 1 heterocycles. The van der Waals surface area contributed by atoms with E-state index in [0.717, 1.165) is 38.5 Å². The molecule has 9 heteroatoms. The number of hydrogen-bond acceptors (Lipinski definition) is 6. The molecule has 9 nitrogen and oxygen atoms in total. The fraction of sp³-hybridized carbons (Fsp3) is 0.706. The van der Waals surface area contributed by atoms with Crippen molar-refractivity contribution in [3.8, 4) is 17.2 Å². The minimum Gasteiger partial charge on any atom is -0.490 e. The lowest BCUT2D eigenvalue weighted by Crippen LogP contribution is -2.21. The Morgan fingerprint density at radius 3 is 1.27 bits per heavy atom. The van der Waals surface area contributed by atoms with Crippen molar-refractivity contribution in [1.82, 2.24) is 10.2 Å². The summed E-state index contributed by atoms with van der Waals surface area (Å²) in [5.41, 5.74) is -0.338. The maximum Gasteiger partial charge on any atom is 0.272 e. The van der Waals surface area contributed by atoms with Gasteiger partial charge in [0.1, 0.15) is 0 Å². The molecule has 0 saturated carbocycles. The van der Waals surface area contributed by atoms with Crippen molar-refractivity contribution in [1.29, 1.82) is 0 Å². The summed E-state index contributed by atoms with van der Waals surface area (Å²) >= 11 is 0. The number of ether oxygens (including phenoxy) is 3. The molecule has 2 aromatic carbocycles. The number of nitrogens with one attached hydrogen (secondary N) is 3. The number of unbranched alkanes of at least 4 members (excludes halogenated alkanes) is 27. The molecule has 0 aliphatic carbocycles. The lowest BCUT2D eigenvalue weighted by molar-refractivity contribution is 0.102. The molecule has 0 radical (unpaired) electrons. The summed E-state index contributed by atoms with van der Waals surface area (Å²) in [5.74, 6) is 1.11. The van der Waals surface area contributed by atoms with E-state index in [9.17, 15) is 14.4 Å². The van der Waals surface area contributed by atoms with Gasteiger partial charge in [-0.2, -0.15) is 0 Å². The third-order valence-electron chi connectivity index (χ3n) is 11.6. The molecule has 1 amide bonds. The summed E-state index contributed by atoms with van der Waals surface area (Å²) in [4.78, 5) is 39.3. The van der Waals surface area contributed by atoms with Crippen LogP contribution in [0.1, 0.15) is 224 Å². The molecule has 0 unspecified atom stereocenters. The van der Waals surface area contributed by atoms with Gasteiger partial charge in [-0.1, -0.05) is 200 Å². The molecule has 0 atom stereocenters. The topological polar surface area (TPSA) is 123 Å². The summed E-state index contributed by atoms with van der Waals surface area (Å²) < 4.78 is 19.5. The van der Waals surface area contributed by atoms with Crippen molar-refractivity contribution in [3.63, 3.8) is 0 Å². The van der Waals surface area contributed by atoms with Crippen LogP contribution in [0.4, 0.5) is 5.69 Å². The van der Waals surface area contributed by atoms with Crippen molar-refractivity contribution in [2.24, 2.45) is 0 Å². The summed E-state index contributed by atoms with van der Waals surface area (Å²) in [7, 11) is 0. The molecule has 0 saturated heterocycles. The first-order valence-corrected chi connectivity index (χ1v) is 24.6. The number of aromatic amines is 2. The Balaban J connectivity index is 1.73. The SMILES string of the molecule is CCCCCCCCCCCCOc1cc(C(=O)Nc2cccc3c(=O)[nH][nH]c(=O)c23)cc(OCCCCCCCCCCCC)c1OCCCCCCCCCCCC. The Labute approximate surface area is 362 Å². The zero-order valence-electron chi connectivity index (χ0n) is 38.2. The molecular weight excluding hydrogens is 751 g/mol. The minimum atomic E-state index is -0.489. The highest BCUT2D eigenvalue weighted by Gasteiger charge is 2.21. The normalized spacial score (nSPS) is 11.3. The monoisotopic (exact) mass is 834 g/mol. The second kappa shape index (κ2) is 32.9. The van der Waals surface area contributed by atoms with Crippen LogP contribution in [0.2, 0.25) is 0 Å². The van der Waals surface area contributed by atoms with E-state index in [4.69, 9.17) is 14.2 Å². The van der Waals surface area contributed by atoms with E-state index in [1.54, 1.807) is 30.3 Å². The van der Waals surface area contributed by atoms with Gasteiger partial charge in [-0.3, -0.25) is 24.6 Å². The zero-order valence-corrected chi connectivity index (χ0v) is 38.2. The highest BCUT2D eigenvalue weighted by Crippen LogP contribution is 2.40. The fourth-order valence-electron chi connectivity index (χ4n) is 7.90. The maximum absolute atomic E-state index is 14.0. The number of H-pyrrole nitrogens is 2. The van der Waals surface area contributed by atoms with Crippen LogP contribution in [-0.4, -0.2) is 35.9 Å². The number of fused-ring (bicyclic) bond motifs is 1. The molecule has 338 valence electrons. The Hall–Kier alpha value is -3.75. The number of anilines is 1. The predicted octanol–water partition coefficient (Wildman–Crippen LogP) is 14.4. The molecule has 0 aliphatic rings. The maximum atomic E-state index is 14.0. The van der Waals surface area contributed by atoms with E-state index >= 15 is 0 Å². The van der Waals surface area contributed by atoms with Crippen LogP contribution in [0.3, 0.4) is 0 Å². The number of amides is 1. The van der Waals surface area contributed by atoms with E-state index in [0.29, 0.717) is 42.6 Å². The molecule has 3 N–H and O–H groups in total. The molecule has 1 aromatic heterocycles. The van der Waals surface area contributed by atoms with Gasteiger partial charge in [0, 0.05) is 5.56 Å². The summed E-state index contributed by atoms with van der Waals surface area (Å²) in [6, 6.07) is 8.31. The van der Waals surface area contributed by atoms with E-state index in [2.05, 4.69) is 36.3 Å². The van der Waals surface area contributed by atoms with E-state index in [-0.39, 0.29) is 16.5 Å². The van der Waals surface area contributed by atoms with Crippen molar-refractivity contribution in [2.45, 2.75) is 213 Å². The summed E-state index contributed by atoms with van der Waals surface area (Å²) in [6.45, 7) is 8.34. The Kier molecular flexibility index (Phi) is 27.8. The summed E-state index contributed by atoms with van der Waals surface area (Å²) in [5, 5.41) is 7.96. The first-order valence-electron chi connectivity index (χ1n) is 24.6. The highest BCUT2D eigenvalue weighted by molar-refractivity contribution is 6.09. The Bertz CT molecular complexity index is 1640. The largest absolute Gasteiger partial charge is 0.490 e. The van der Waals surface area contributed by atoms with Gasteiger partial charge in [-0.25, -0.2) is 0 Å². The van der Waals surface area contributed by atoms with Crippen molar-refractivity contribution >= 4 is 22.4 Å². The average molecular weight is 834 g/mol. The average Bonchev–Trinajstić information content (AvgIpc) is 3.25. The van der Waals surface area contributed by atoms with E-state index in [1.807, 2.05) is 0 Å². The molecule has 3 aromatic rings. The van der Waals surface area contributed by atoms with Crippen molar-refractivity contribution < 1.29 is 19.0 Å². The van der Waals surface area contributed by atoms with Gasteiger partial charge in [0.25, 0.3) is 17.0 Å². The fourth-order valence-corrected chi connectivity index (χ4v) is 7.90. The Morgan fingerprint density at radius 2 is 0.850 bits per heavy atom. The van der Waals surface area contributed by atoms with Crippen LogP contribution in [-0.2, 0) is 0 Å². The first-order chi connectivity index (χ1) is 29.5. The first kappa shape index (κ1) is 50.6. The third kappa shape index (κ3) is 20.7. The molecule has 0 bridgehead atoms. The van der Waals surface area contributed by atoms with Gasteiger partial charge in [0.2, 0.25) is 5.75 Å². The third-order valence-corrected chi connectivity index (χ3v) is 11.6. The Morgan fingerprint density at radius 1 is 0.483 bits per heavy atom. The number of rotatable bonds is 38. The predicted molar refractivity (Wildman–Crippen MR) is 252 cm³/mol. The molecular formula is C51H83N3O6. The minimum absolute atomic E-state index is 0.126. The molecule has 3 rings (SSSR count). The smallest absolute Gasteiger partial charge is 0.272 e. The van der Waals surface area contributed by atoms with Crippen LogP contribution >= 0.6 is 0 Å². The summed E-state index contributed by atoms with van der Waals surface area (Å²) in [6.07, 6.45) is 37.1. The van der Waals surface area contributed by atoms with E-state index < -0.39 is 17.0 Å². The number of hydrogen-bond donors (Lipinski definition) is 3. The molecule has 60 heavy (non-hydrogen) atoms. The van der Waals surface area contributed by atoms with Crippen LogP contribution in [0.25, 0.3) is 10.8 Å².